The number of nitrogens with zero attached hydrogens (tertiary/aromatic N) is 9. The number of nitrogens with two attached hydrogens (primary N) is 1. The number of terminal acetylenes is 4. The fraction of sp³-hybridized carbons (Fsp3) is 0.214. The molecule has 0 spiro atoms. The van der Waals surface area contributed by atoms with Crippen LogP contribution < -0.4 is 51.2 Å². The first-order valence-corrected chi connectivity index (χ1v) is 29.0. The minimum atomic E-state index is -3.47. The van der Waals surface area contributed by atoms with E-state index in [1.165, 1.54) is 41.3 Å². The van der Waals surface area contributed by atoms with Gasteiger partial charge in [0.05, 0.1) is 81.8 Å². The van der Waals surface area contributed by atoms with Crippen molar-refractivity contribution >= 4 is 116 Å². The molecule has 0 aromatic carbocycles. The number of pyridine rings is 3. The van der Waals surface area contributed by atoms with Crippen LogP contribution in [0.25, 0.3) is 17.1 Å². The van der Waals surface area contributed by atoms with Crippen molar-refractivity contribution < 1.29 is 87.2 Å². The second kappa shape index (κ2) is 52.7. The molecule has 6 heterocycles. The second-order valence-electron chi connectivity index (χ2n) is 14.7. The molecule has 6 N–H and O–H groups in total. The molecule has 3 atom stereocenters. The van der Waals surface area contributed by atoms with Crippen molar-refractivity contribution in [3.8, 4) is 114 Å². The molecular formula is C56H55BCl3N12NaO12S3. The third kappa shape index (κ3) is 41.4. The van der Waals surface area contributed by atoms with Gasteiger partial charge in [-0.15, -0.1) is 25.7 Å². The first kappa shape index (κ1) is 85.8. The van der Waals surface area contributed by atoms with Gasteiger partial charge in [-0.05, 0) is 143 Å². The zero-order valence-electron chi connectivity index (χ0n) is 48.7. The van der Waals surface area contributed by atoms with Crippen LogP contribution in [-0.2, 0) is 43.6 Å². The number of carboxylic acid groups (broad SMARTS) is 2. The van der Waals surface area contributed by atoms with E-state index in [4.69, 9.17) is 91.2 Å². The van der Waals surface area contributed by atoms with Crippen molar-refractivity contribution in [1.82, 2.24) is 44.3 Å². The van der Waals surface area contributed by atoms with Gasteiger partial charge in [-0.1, -0.05) is 46.6 Å². The summed E-state index contributed by atoms with van der Waals surface area (Å²) in [6.07, 6.45) is 38.3. The molecule has 2 amide bonds. The van der Waals surface area contributed by atoms with E-state index in [-0.39, 0.29) is 69.3 Å². The van der Waals surface area contributed by atoms with E-state index < -0.39 is 32.9 Å². The summed E-state index contributed by atoms with van der Waals surface area (Å²) in [6, 6.07) is 10.8. The first-order valence-electron chi connectivity index (χ1n) is 23.3. The first-order chi connectivity index (χ1) is 41.2. The summed E-state index contributed by atoms with van der Waals surface area (Å²) in [5.41, 5.74) is 9.02. The van der Waals surface area contributed by atoms with E-state index in [1.807, 2.05) is 31.4 Å². The fourth-order valence-corrected chi connectivity index (χ4v) is 5.67. The van der Waals surface area contributed by atoms with E-state index in [2.05, 4.69) is 122 Å². The summed E-state index contributed by atoms with van der Waals surface area (Å²) < 4.78 is 36.2. The third-order valence-corrected chi connectivity index (χ3v) is 12.7. The van der Waals surface area contributed by atoms with Crippen molar-refractivity contribution in [3.63, 3.8) is 0 Å². The van der Waals surface area contributed by atoms with Gasteiger partial charge in [0.2, 0.25) is 11.8 Å². The molecule has 6 rings (SSSR count). The van der Waals surface area contributed by atoms with Gasteiger partial charge in [0.1, 0.15) is 5.25 Å². The zero-order chi connectivity index (χ0) is 66.8. The minimum absolute atomic E-state index is 0. The SMILES string of the molecule is C#CC#CC.C#CC#CC#C.C#CC#CC#CC.CC(=O)O.CC(C(=O)Nc1cn(-c2cccnc2)nc1Cl)S(C)(=O)=O.CSC(C)C(=O)Nc1cn(-c2cccnc2)nc1Cl.CSC(C)C(=O)O.Nc1cn(-c2cccnc2)nc1Cl.O=BOO[O-].[Na+]. The molecule has 6 aromatic heterocycles. The molecule has 0 aliphatic heterocycles. The zero-order valence-corrected chi connectivity index (χ0v) is 55.4. The number of carbonyl (C=O) groups is 4. The second-order valence-corrected chi connectivity index (χ2v) is 20.5. The number of carbonyl (C=O) groups excluding carboxylic acids is 2. The van der Waals surface area contributed by atoms with Crippen LogP contribution in [0.4, 0.5) is 17.1 Å². The van der Waals surface area contributed by atoms with Gasteiger partial charge >= 0.3 is 62.7 Å². The van der Waals surface area contributed by atoms with Gasteiger partial charge in [0.15, 0.2) is 25.3 Å². The summed E-state index contributed by atoms with van der Waals surface area (Å²) >= 11 is 20.5. The fourth-order valence-electron chi connectivity index (χ4n) is 4.27. The number of aliphatic carboxylic acids is 2. The molecule has 0 saturated carbocycles. The molecule has 454 valence electrons. The molecule has 0 saturated heterocycles. The van der Waals surface area contributed by atoms with E-state index in [0.717, 1.165) is 24.6 Å². The molecule has 24 nitrogen and oxygen atoms in total. The number of anilines is 3. The van der Waals surface area contributed by atoms with Gasteiger partial charge in [0, 0.05) is 31.8 Å². The van der Waals surface area contributed by atoms with E-state index in [9.17, 15) is 22.8 Å². The van der Waals surface area contributed by atoms with Crippen molar-refractivity contribution in [2.24, 2.45) is 0 Å². The number of amides is 2. The Kier molecular flexibility index (Phi) is 51.3. The predicted molar refractivity (Wildman–Crippen MR) is 338 cm³/mol. The predicted octanol–water partition coefficient (Wildman–Crippen LogP) is 3.04. The summed E-state index contributed by atoms with van der Waals surface area (Å²) in [6.45, 7) is 9.31. The number of nitrogen functional groups attached to an aromatic ring is 1. The Morgan fingerprint density at radius 3 is 1.28 bits per heavy atom. The molecule has 0 aliphatic rings. The van der Waals surface area contributed by atoms with E-state index >= 15 is 0 Å². The maximum Gasteiger partial charge on any atom is 1.00 e. The summed E-state index contributed by atoms with van der Waals surface area (Å²) in [5, 5.41) is 43.2. The number of thioether (sulfide) groups is 2. The van der Waals surface area contributed by atoms with Gasteiger partial charge in [-0.2, -0.15) is 38.8 Å². The molecule has 3 unspecified atom stereocenters. The monoisotopic (exact) mass is 1320 g/mol. The van der Waals surface area contributed by atoms with Crippen LogP contribution in [0.3, 0.4) is 0 Å². The number of halogens is 3. The van der Waals surface area contributed by atoms with Crippen LogP contribution in [0, 0.1) is 96.7 Å². The van der Waals surface area contributed by atoms with Crippen LogP contribution in [0.1, 0.15) is 41.5 Å². The number of hydrogen-bond acceptors (Lipinski definition) is 19. The molecule has 0 radical (unpaired) electrons. The third-order valence-electron chi connectivity index (χ3n) is 8.52. The number of sulfone groups is 1. The Balaban J connectivity index is -0.000000481. The minimum Gasteiger partial charge on any atom is 1.00 e. The Labute approximate surface area is 557 Å². The molecular weight excluding hydrogens is 1270 g/mol. The van der Waals surface area contributed by atoms with Crippen molar-refractivity contribution in [1.29, 1.82) is 0 Å². The van der Waals surface area contributed by atoms with Crippen LogP contribution >= 0.6 is 58.3 Å². The van der Waals surface area contributed by atoms with Gasteiger partial charge < -0.3 is 26.6 Å². The van der Waals surface area contributed by atoms with E-state index in [1.54, 1.807) is 104 Å². The van der Waals surface area contributed by atoms with Crippen molar-refractivity contribution in [2.45, 2.75) is 57.3 Å². The topological polar surface area (TPSA) is 344 Å². The molecule has 0 aliphatic carbocycles. The van der Waals surface area contributed by atoms with Crippen molar-refractivity contribution in [2.75, 3.05) is 35.1 Å². The average molecular weight is 1320 g/mol. The normalized spacial score (nSPS) is 9.56. The molecule has 88 heavy (non-hydrogen) atoms. The number of carboxylic acids is 2. The van der Waals surface area contributed by atoms with Gasteiger partial charge in [0.25, 0.3) is 5.97 Å². The molecule has 0 fully saturated rings. The number of hydrogen-bond donors (Lipinski definition) is 5. The summed E-state index contributed by atoms with van der Waals surface area (Å²) in [4.78, 5) is 57.6. The van der Waals surface area contributed by atoms with E-state index in [0.29, 0.717) is 22.2 Å². The van der Waals surface area contributed by atoms with Crippen LogP contribution in [0.5, 0.6) is 0 Å². The Morgan fingerprint density at radius 1 is 0.670 bits per heavy atom. The van der Waals surface area contributed by atoms with Gasteiger partial charge in [-0.25, -0.2) is 22.5 Å². The number of aromatic nitrogens is 9. The smallest absolute Gasteiger partial charge is 1.00 e. The molecule has 6 aromatic rings. The number of rotatable bonds is 13. The summed E-state index contributed by atoms with van der Waals surface area (Å²) in [7, 11) is -3.58. The Hall–Kier alpha value is -8.66. The largest absolute Gasteiger partial charge is 1.00 e. The van der Waals surface area contributed by atoms with Gasteiger partial charge in [-0.3, -0.25) is 34.1 Å². The Morgan fingerprint density at radius 2 is 1.03 bits per heavy atom. The summed E-state index contributed by atoms with van der Waals surface area (Å²) in [5.74, 6) is 25.4. The van der Waals surface area contributed by atoms with Crippen LogP contribution in [0.2, 0.25) is 15.5 Å². The standard InChI is InChI=1S/C12H13ClN4O3S.C12H13ClN4OS.C8H7ClN4.C7H4.C6H2.C5H4.C4H8O2S.C2H4O2.BHO4.Na/c1-8(21(2,19)20)12(18)15-10-7-17(16-11(10)13)9-4-3-5-14-6-9;1-8(19-2)12(18)15-10-7-17(16-11(10)13)9-4-3-5-14-6-9;9-8-7(10)5-13(12-8)6-2-1-3-11-4-6;1-3-5-7-6-4-2;1-3-5-6-4-2;1-3-5-4-2;1-3(7-2)4(5)6;1-2(3)4;2-1-4-5-3;/h3-8H,1-2H3,(H,15,18);3-8H,1-2H3,(H,15,18);1-5H,10H2;1H,2H3;1-2H;1H,2H3;3H,1-2H3,(H,5,6);1H3,(H,3,4);3H;/q;;;;;;;;;+1/p-1. The average Bonchev–Trinajstić information content (AvgIpc) is 3.42. The molecule has 32 heteroatoms. The maximum atomic E-state index is 11.9. The van der Waals surface area contributed by atoms with Crippen LogP contribution in [0.15, 0.2) is 92.2 Å². The molecule has 0 bridgehead atoms. The quantitative estimate of drug-likeness (QED) is 0.0480. The Bertz CT molecular complexity index is 3620. The van der Waals surface area contributed by atoms with Crippen molar-refractivity contribution in [3.05, 3.63) is 108 Å². The maximum absolute atomic E-state index is 11.9. The van der Waals surface area contributed by atoms with Crippen LogP contribution in [-0.4, -0.2) is 129 Å². The number of nitrogens with one attached hydrogen (secondary N) is 2.